The number of hydrogen-bond donors (Lipinski definition) is 2. The molecule has 1 unspecified atom stereocenters. The standard InChI is InChI=1S/C15H18ClNO3/c1-9(2)6-11(8-18)17-15(19)13-7-10-4-3-5-12(16)14(10)20-13/h3-5,7,9,11,18H,6,8H2,1-2H3,(H,17,19). The van der Waals surface area contributed by atoms with Crippen molar-refractivity contribution < 1.29 is 14.3 Å². The maximum Gasteiger partial charge on any atom is 0.287 e. The van der Waals surface area contributed by atoms with E-state index in [2.05, 4.69) is 5.32 Å². The fourth-order valence-electron chi connectivity index (χ4n) is 2.14. The first-order chi connectivity index (χ1) is 9.51. The van der Waals surface area contributed by atoms with E-state index in [0.29, 0.717) is 22.9 Å². The van der Waals surface area contributed by atoms with E-state index in [-0.39, 0.29) is 24.3 Å². The van der Waals surface area contributed by atoms with Crippen molar-refractivity contribution in [3.63, 3.8) is 0 Å². The van der Waals surface area contributed by atoms with Crippen LogP contribution in [0.5, 0.6) is 0 Å². The second-order valence-corrected chi connectivity index (χ2v) is 5.66. The molecule has 0 radical (unpaired) electrons. The zero-order valence-corrected chi connectivity index (χ0v) is 12.3. The van der Waals surface area contributed by atoms with E-state index in [1.54, 1.807) is 18.2 Å². The number of aliphatic hydroxyl groups excluding tert-OH is 1. The Morgan fingerprint density at radius 3 is 2.80 bits per heavy atom. The first-order valence-corrected chi connectivity index (χ1v) is 6.99. The van der Waals surface area contributed by atoms with Gasteiger partial charge in [-0.2, -0.15) is 0 Å². The normalized spacial score (nSPS) is 12.8. The molecule has 108 valence electrons. The summed E-state index contributed by atoms with van der Waals surface area (Å²) in [7, 11) is 0. The molecule has 0 fully saturated rings. The van der Waals surface area contributed by atoms with Crippen molar-refractivity contribution in [2.24, 2.45) is 5.92 Å². The van der Waals surface area contributed by atoms with E-state index in [1.807, 2.05) is 19.9 Å². The van der Waals surface area contributed by atoms with Crippen LogP contribution in [0.4, 0.5) is 0 Å². The number of amides is 1. The molecule has 1 heterocycles. The number of rotatable bonds is 5. The quantitative estimate of drug-likeness (QED) is 0.890. The molecule has 1 amide bonds. The van der Waals surface area contributed by atoms with Crippen LogP contribution in [0.1, 0.15) is 30.8 Å². The minimum Gasteiger partial charge on any atom is -0.449 e. The van der Waals surface area contributed by atoms with Crippen LogP contribution in [0.25, 0.3) is 11.0 Å². The van der Waals surface area contributed by atoms with Crippen molar-refractivity contribution in [1.82, 2.24) is 5.32 Å². The fraction of sp³-hybridized carbons (Fsp3) is 0.400. The molecule has 0 aliphatic heterocycles. The highest BCUT2D eigenvalue weighted by Gasteiger charge is 2.18. The Hall–Kier alpha value is -1.52. The molecule has 2 rings (SSSR count). The van der Waals surface area contributed by atoms with Gasteiger partial charge in [0.25, 0.3) is 5.91 Å². The van der Waals surface area contributed by atoms with Crippen LogP contribution in [0.15, 0.2) is 28.7 Å². The molecule has 2 aromatic rings. The van der Waals surface area contributed by atoms with Crippen LogP contribution in [0, 0.1) is 5.92 Å². The molecule has 0 saturated heterocycles. The summed E-state index contributed by atoms with van der Waals surface area (Å²) in [6, 6.07) is 6.73. The predicted molar refractivity (Wildman–Crippen MR) is 79.0 cm³/mol. The Morgan fingerprint density at radius 1 is 1.45 bits per heavy atom. The lowest BCUT2D eigenvalue weighted by molar-refractivity contribution is 0.0882. The van der Waals surface area contributed by atoms with E-state index >= 15 is 0 Å². The molecule has 5 heteroatoms. The van der Waals surface area contributed by atoms with Gasteiger partial charge in [-0.3, -0.25) is 4.79 Å². The molecular formula is C15H18ClNO3. The minimum atomic E-state index is -0.336. The highest BCUT2D eigenvalue weighted by atomic mass is 35.5. The third-order valence-electron chi connectivity index (χ3n) is 3.03. The maximum absolute atomic E-state index is 12.1. The Morgan fingerprint density at radius 2 is 2.20 bits per heavy atom. The van der Waals surface area contributed by atoms with E-state index in [9.17, 15) is 9.90 Å². The number of benzene rings is 1. The zero-order chi connectivity index (χ0) is 14.7. The van der Waals surface area contributed by atoms with Crippen LogP contribution >= 0.6 is 11.6 Å². The molecule has 0 aliphatic rings. The van der Waals surface area contributed by atoms with Gasteiger partial charge in [0.1, 0.15) is 0 Å². The second kappa shape index (κ2) is 6.29. The molecule has 1 atom stereocenters. The molecule has 20 heavy (non-hydrogen) atoms. The molecular weight excluding hydrogens is 278 g/mol. The number of fused-ring (bicyclic) bond motifs is 1. The van der Waals surface area contributed by atoms with Crippen molar-refractivity contribution in [1.29, 1.82) is 0 Å². The van der Waals surface area contributed by atoms with Crippen LogP contribution < -0.4 is 5.32 Å². The first-order valence-electron chi connectivity index (χ1n) is 6.61. The van der Waals surface area contributed by atoms with Gasteiger partial charge in [0, 0.05) is 5.39 Å². The SMILES string of the molecule is CC(C)CC(CO)NC(=O)c1cc2cccc(Cl)c2o1. The second-order valence-electron chi connectivity index (χ2n) is 5.25. The summed E-state index contributed by atoms with van der Waals surface area (Å²) >= 11 is 6.01. The van der Waals surface area contributed by atoms with Crippen molar-refractivity contribution in [3.05, 3.63) is 35.0 Å². The van der Waals surface area contributed by atoms with E-state index in [4.69, 9.17) is 16.0 Å². The number of para-hydroxylation sites is 1. The summed E-state index contributed by atoms with van der Waals surface area (Å²) in [6.45, 7) is 3.98. The van der Waals surface area contributed by atoms with Crippen LogP contribution in [-0.2, 0) is 0 Å². The lowest BCUT2D eigenvalue weighted by atomic mass is 10.0. The van der Waals surface area contributed by atoms with Gasteiger partial charge in [-0.15, -0.1) is 0 Å². The van der Waals surface area contributed by atoms with Gasteiger partial charge < -0.3 is 14.8 Å². The van der Waals surface area contributed by atoms with Crippen LogP contribution in [0.2, 0.25) is 5.02 Å². The monoisotopic (exact) mass is 295 g/mol. The Kier molecular flexibility index (Phi) is 4.68. The summed E-state index contributed by atoms with van der Waals surface area (Å²) in [6.07, 6.45) is 0.712. The van der Waals surface area contributed by atoms with Crippen molar-refractivity contribution >= 4 is 28.5 Å². The van der Waals surface area contributed by atoms with E-state index < -0.39 is 0 Å². The Labute approximate surface area is 122 Å². The number of furan rings is 1. The van der Waals surface area contributed by atoms with E-state index in [1.165, 1.54) is 0 Å². The number of aliphatic hydroxyl groups is 1. The van der Waals surface area contributed by atoms with Gasteiger partial charge in [-0.1, -0.05) is 37.6 Å². The molecule has 2 N–H and O–H groups in total. The van der Waals surface area contributed by atoms with Gasteiger partial charge in [-0.25, -0.2) is 0 Å². The van der Waals surface area contributed by atoms with Crippen molar-refractivity contribution in [2.45, 2.75) is 26.3 Å². The molecule has 1 aromatic heterocycles. The van der Waals surface area contributed by atoms with Crippen molar-refractivity contribution in [3.8, 4) is 0 Å². The summed E-state index contributed by atoms with van der Waals surface area (Å²) in [4.78, 5) is 12.1. The lowest BCUT2D eigenvalue weighted by Gasteiger charge is -2.17. The molecule has 0 saturated carbocycles. The minimum absolute atomic E-state index is 0.0924. The number of carbonyl (C=O) groups is 1. The third-order valence-corrected chi connectivity index (χ3v) is 3.33. The molecule has 0 aliphatic carbocycles. The molecule has 0 bridgehead atoms. The first kappa shape index (κ1) is 14.9. The smallest absolute Gasteiger partial charge is 0.287 e. The van der Waals surface area contributed by atoms with Crippen molar-refractivity contribution in [2.75, 3.05) is 6.61 Å². The molecule has 1 aromatic carbocycles. The zero-order valence-electron chi connectivity index (χ0n) is 11.5. The summed E-state index contributed by atoms with van der Waals surface area (Å²) in [5, 5.41) is 13.3. The lowest BCUT2D eigenvalue weighted by Crippen LogP contribution is -2.38. The van der Waals surface area contributed by atoms with Gasteiger partial charge in [0.15, 0.2) is 11.3 Å². The van der Waals surface area contributed by atoms with Gasteiger partial charge in [-0.05, 0) is 24.5 Å². The predicted octanol–water partition coefficient (Wildman–Crippen LogP) is 3.22. The summed E-state index contributed by atoms with van der Waals surface area (Å²) in [5.74, 6) is 0.254. The molecule has 4 nitrogen and oxygen atoms in total. The molecule has 0 spiro atoms. The number of carbonyl (C=O) groups excluding carboxylic acids is 1. The van der Waals surface area contributed by atoms with Gasteiger partial charge in [0.05, 0.1) is 17.7 Å². The average Bonchev–Trinajstić information content (AvgIpc) is 2.83. The van der Waals surface area contributed by atoms with E-state index in [0.717, 1.165) is 5.39 Å². The van der Waals surface area contributed by atoms with Gasteiger partial charge in [0.2, 0.25) is 0 Å². The topological polar surface area (TPSA) is 62.5 Å². The highest BCUT2D eigenvalue weighted by Crippen LogP contribution is 2.26. The number of hydrogen-bond acceptors (Lipinski definition) is 3. The van der Waals surface area contributed by atoms with Crippen LogP contribution in [0.3, 0.4) is 0 Å². The van der Waals surface area contributed by atoms with Gasteiger partial charge >= 0.3 is 0 Å². The summed E-state index contributed by atoms with van der Waals surface area (Å²) in [5.41, 5.74) is 0.503. The largest absolute Gasteiger partial charge is 0.449 e. The summed E-state index contributed by atoms with van der Waals surface area (Å²) < 4.78 is 5.49. The fourth-order valence-corrected chi connectivity index (χ4v) is 2.36. The number of nitrogens with one attached hydrogen (secondary N) is 1. The third kappa shape index (κ3) is 3.32. The number of halogens is 1. The Balaban J connectivity index is 2.16. The average molecular weight is 296 g/mol. The Bertz CT molecular complexity index is 606. The highest BCUT2D eigenvalue weighted by molar-refractivity contribution is 6.34. The van der Waals surface area contributed by atoms with Crippen LogP contribution in [-0.4, -0.2) is 23.7 Å². The maximum atomic E-state index is 12.1.